The smallest absolute Gasteiger partial charge is 0.296 e. The lowest BCUT2D eigenvalue weighted by Crippen LogP contribution is -2.28. The number of benzene rings is 4. The molecule has 9 N–H and O–H groups in total. The number of ketones is 2. The quantitative estimate of drug-likeness (QED) is 0.0453. The third-order valence-electron chi connectivity index (χ3n) is 7.76. The van der Waals surface area contributed by atoms with Crippen molar-refractivity contribution >= 4 is 93.5 Å². The van der Waals surface area contributed by atoms with E-state index in [0.717, 1.165) is 23.9 Å². The highest BCUT2D eigenvalue weighted by molar-refractivity contribution is 7.91. The molecule has 2 aliphatic carbocycles. The van der Waals surface area contributed by atoms with E-state index >= 15 is 0 Å². The van der Waals surface area contributed by atoms with Crippen LogP contribution < -0.4 is 27.2 Å². The Morgan fingerprint density at radius 3 is 1.89 bits per heavy atom. The Labute approximate surface area is 313 Å². The normalized spacial score (nSPS) is 16.0. The SMILES string of the molecule is Nc1cc(S(=O)(=O)O)cc2c1C(=O)C(=NNc1ccc(Nc3ccc(NN=C4C=CC(Nc5ccccc5)=CC4=O)cc3)c(S(=O)(=O)O)c1)C(S(=O)(=O)O)=C2. The fourth-order valence-electron chi connectivity index (χ4n) is 5.24. The third-order valence-corrected chi connectivity index (χ3v) is 10.4. The molecule has 0 radical (unpaired) electrons. The van der Waals surface area contributed by atoms with Crippen molar-refractivity contribution in [1.82, 2.24) is 0 Å². The fraction of sp³-hybridized carbons (Fsp3) is 0. The number of rotatable bonds is 11. The van der Waals surface area contributed by atoms with Crippen molar-refractivity contribution in [3.8, 4) is 0 Å². The average molecular weight is 806 g/mol. The summed E-state index contributed by atoms with van der Waals surface area (Å²) < 4.78 is 102. The Balaban J connectivity index is 1.18. The summed E-state index contributed by atoms with van der Waals surface area (Å²) in [6, 6.07) is 20.5. The number of hydrogen-bond donors (Lipinski definition) is 8. The molecule has 0 atom stereocenters. The number of hydrazone groups is 2. The van der Waals surface area contributed by atoms with E-state index in [-0.39, 0.29) is 28.4 Å². The molecule has 2 aliphatic rings. The number of nitrogens with zero attached hydrogens (tertiary/aromatic N) is 2. The topological polar surface area (TPSA) is 296 Å². The monoisotopic (exact) mass is 805 g/mol. The van der Waals surface area contributed by atoms with Gasteiger partial charge >= 0.3 is 0 Å². The maximum Gasteiger partial charge on any atom is 0.296 e. The van der Waals surface area contributed by atoms with Gasteiger partial charge in [0.15, 0.2) is 5.71 Å². The van der Waals surface area contributed by atoms with Crippen molar-refractivity contribution in [1.29, 1.82) is 0 Å². The average Bonchev–Trinajstić information content (AvgIpc) is 3.11. The zero-order valence-corrected chi connectivity index (χ0v) is 30.1. The van der Waals surface area contributed by atoms with Crippen LogP contribution in [-0.4, -0.2) is 61.9 Å². The zero-order valence-electron chi connectivity index (χ0n) is 27.7. The maximum absolute atomic E-state index is 13.3. The summed E-state index contributed by atoms with van der Waals surface area (Å²) in [4.78, 5) is 23.4. The molecular weight excluding hydrogens is 779 g/mol. The van der Waals surface area contributed by atoms with Gasteiger partial charge in [-0.05, 0) is 90.5 Å². The molecule has 0 bridgehead atoms. The predicted octanol–water partition coefficient (Wildman–Crippen LogP) is 4.30. The molecular formula is C34H27N7O11S3. The molecule has 282 valence electrons. The minimum Gasteiger partial charge on any atom is -0.398 e. The van der Waals surface area contributed by atoms with Crippen molar-refractivity contribution in [3.63, 3.8) is 0 Å². The molecule has 0 fully saturated rings. The van der Waals surface area contributed by atoms with Crippen LogP contribution in [0.5, 0.6) is 0 Å². The van der Waals surface area contributed by atoms with Gasteiger partial charge in [-0.15, -0.1) is 0 Å². The molecule has 18 nitrogen and oxygen atoms in total. The summed E-state index contributed by atoms with van der Waals surface area (Å²) in [5.74, 6) is -1.50. The zero-order chi connectivity index (χ0) is 39.7. The van der Waals surface area contributed by atoms with Gasteiger partial charge in [-0.1, -0.05) is 18.2 Å². The van der Waals surface area contributed by atoms with Crippen LogP contribution in [0, 0.1) is 0 Å². The van der Waals surface area contributed by atoms with E-state index in [9.17, 15) is 48.5 Å². The largest absolute Gasteiger partial charge is 0.398 e. The van der Waals surface area contributed by atoms with Gasteiger partial charge in [0.25, 0.3) is 30.4 Å². The number of para-hydroxylation sites is 1. The van der Waals surface area contributed by atoms with Crippen LogP contribution in [0.15, 0.2) is 134 Å². The van der Waals surface area contributed by atoms with Crippen LogP contribution in [0.1, 0.15) is 15.9 Å². The van der Waals surface area contributed by atoms with Gasteiger partial charge in [0.2, 0.25) is 11.6 Å². The molecule has 0 amide bonds. The highest BCUT2D eigenvalue weighted by atomic mass is 32.2. The van der Waals surface area contributed by atoms with E-state index in [2.05, 4.69) is 31.7 Å². The van der Waals surface area contributed by atoms with Crippen LogP contribution in [0.25, 0.3) is 6.08 Å². The number of nitrogens with one attached hydrogen (secondary N) is 4. The van der Waals surface area contributed by atoms with Gasteiger partial charge in [0.1, 0.15) is 15.5 Å². The lowest BCUT2D eigenvalue weighted by molar-refractivity contribution is -0.108. The summed E-state index contributed by atoms with van der Waals surface area (Å²) in [5, 5.41) is 13.9. The summed E-state index contributed by atoms with van der Waals surface area (Å²) in [6.45, 7) is 0. The first-order valence-electron chi connectivity index (χ1n) is 15.4. The molecule has 0 aromatic heterocycles. The lowest BCUT2D eigenvalue weighted by Gasteiger charge is -2.18. The molecule has 4 aromatic rings. The second kappa shape index (κ2) is 14.7. The summed E-state index contributed by atoms with van der Waals surface area (Å²) in [5.41, 5.74) is 10.9. The highest BCUT2D eigenvalue weighted by Crippen LogP contribution is 2.33. The van der Waals surface area contributed by atoms with E-state index in [1.54, 1.807) is 36.4 Å². The van der Waals surface area contributed by atoms with E-state index in [4.69, 9.17) is 5.73 Å². The molecule has 0 unspecified atom stereocenters. The third kappa shape index (κ3) is 8.84. The van der Waals surface area contributed by atoms with Gasteiger partial charge in [-0.2, -0.15) is 35.5 Å². The molecule has 4 aromatic carbocycles. The Bertz CT molecular complexity index is 2760. The van der Waals surface area contributed by atoms with Crippen LogP contribution in [0.3, 0.4) is 0 Å². The summed E-state index contributed by atoms with van der Waals surface area (Å²) in [6.07, 6.45) is 5.38. The number of hydrogen-bond acceptors (Lipinski definition) is 15. The number of nitrogen functional groups attached to an aromatic ring is 1. The molecule has 0 saturated carbocycles. The van der Waals surface area contributed by atoms with E-state index in [0.29, 0.717) is 23.1 Å². The highest BCUT2D eigenvalue weighted by Gasteiger charge is 2.35. The van der Waals surface area contributed by atoms with Gasteiger partial charge in [-0.3, -0.25) is 34.1 Å². The molecule has 21 heteroatoms. The molecule has 0 aliphatic heterocycles. The minimum absolute atomic E-state index is 0.102. The van der Waals surface area contributed by atoms with Crippen LogP contribution >= 0.6 is 0 Å². The van der Waals surface area contributed by atoms with Crippen LogP contribution in [0.2, 0.25) is 0 Å². The second-order valence-electron chi connectivity index (χ2n) is 11.6. The second-order valence-corrected chi connectivity index (χ2v) is 15.8. The fourth-order valence-corrected chi connectivity index (χ4v) is 7.12. The number of Topliss-reactive ketones (excluding diaryl/α,β-unsaturated/α-hetero) is 1. The first-order valence-corrected chi connectivity index (χ1v) is 19.8. The van der Waals surface area contributed by atoms with Crippen molar-refractivity contribution in [2.45, 2.75) is 9.79 Å². The van der Waals surface area contributed by atoms with Crippen LogP contribution in [-0.2, 0) is 35.1 Å². The van der Waals surface area contributed by atoms with E-state index < -0.39 is 67.8 Å². The predicted molar refractivity (Wildman–Crippen MR) is 205 cm³/mol. The van der Waals surface area contributed by atoms with E-state index in [1.165, 1.54) is 18.2 Å². The molecule has 0 spiro atoms. The minimum atomic E-state index is -5.18. The molecule has 0 saturated heterocycles. The standard InChI is InChI=1S/C34H27N7O11S3/c35-26-18-25(53(44,45)46)14-19-15-31(55(50,51)52)33(34(43)32(19)26)41-39-24-11-13-28(30(17-24)54(47,48)49)37-21-6-8-22(9-7-21)38-40-27-12-10-23(16-29(27)42)36-20-4-2-1-3-5-20/h1-18,36-39H,35H2,(H,44,45,46)(H,47,48,49)(H,50,51,52). The van der Waals surface area contributed by atoms with Crippen molar-refractivity contribution < 1.29 is 48.5 Å². The Kier molecular flexibility index (Phi) is 10.2. The molecule has 55 heavy (non-hydrogen) atoms. The lowest BCUT2D eigenvalue weighted by atomic mass is 9.93. The molecule has 0 heterocycles. The van der Waals surface area contributed by atoms with Crippen LogP contribution in [0.4, 0.5) is 34.1 Å². The Morgan fingerprint density at radius 1 is 0.618 bits per heavy atom. The number of allylic oxidation sites excluding steroid dienone is 4. The summed E-state index contributed by atoms with van der Waals surface area (Å²) in [7, 11) is -14.9. The first-order chi connectivity index (χ1) is 25.9. The van der Waals surface area contributed by atoms with Gasteiger partial charge in [0.05, 0.1) is 27.5 Å². The number of carbonyl (C=O) groups is 2. The molecule has 6 rings (SSSR count). The van der Waals surface area contributed by atoms with Crippen molar-refractivity contribution in [2.75, 3.05) is 27.2 Å². The van der Waals surface area contributed by atoms with E-state index in [1.807, 2.05) is 30.3 Å². The van der Waals surface area contributed by atoms with Gasteiger partial charge in [-0.25, -0.2) is 0 Å². The number of carbonyl (C=O) groups excluding carboxylic acids is 2. The van der Waals surface area contributed by atoms with Gasteiger partial charge in [0, 0.05) is 28.8 Å². The maximum atomic E-state index is 13.3. The van der Waals surface area contributed by atoms with Crippen molar-refractivity contribution in [2.24, 2.45) is 10.2 Å². The number of anilines is 6. The van der Waals surface area contributed by atoms with Gasteiger partial charge < -0.3 is 16.4 Å². The summed E-state index contributed by atoms with van der Waals surface area (Å²) >= 11 is 0. The number of fused-ring (bicyclic) bond motifs is 1. The Hall–Kier alpha value is -6.49. The first kappa shape index (κ1) is 38.2. The Morgan fingerprint density at radius 2 is 1.25 bits per heavy atom. The van der Waals surface area contributed by atoms with Crippen molar-refractivity contribution in [3.05, 3.63) is 125 Å². The number of nitrogens with two attached hydrogens (primary N) is 1.